The van der Waals surface area contributed by atoms with E-state index >= 15 is 0 Å². The number of fused-ring (bicyclic) bond motifs is 2. The monoisotopic (exact) mass is 581 g/mol. The van der Waals surface area contributed by atoms with Gasteiger partial charge in [0.25, 0.3) is 5.56 Å². The van der Waals surface area contributed by atoms with Gasteiger partial charge in [0.2, 0.25) is 0 Å². The second-order valence-corrected chi connectivity index (χ2v) is 11.1. The molecule has 0 unspecified atom stereocenters. The molecule has 6 heteroatoms. The molecule has 6 rings (SSSR count). The van der Waals surface area contributed by atoms with Crippen LogP contribution in [0, 0.1) is 6.92 Å². The van der Waals surface area contributed by atoms with Crippen molar-refractivity contribution in [3.8, 4) is 22.9 Å². The lowest BCUT2D eigenvalue weighted by molar-refractivity contribution is 0.307. The average Bonchev–Trinajstić information content (AvgIpc) is 3.03. The summed E-state index contributed by atoms with van der Waals surface area (Å²) >= 11 is 0. The van der Waals surface area contributed by atoms with Crippen molar-refractivity contribution in [2.24, 2.45) is 5.10 Å². The summed E-state index contributed by atoms with van der Waals surface area (Å²) in [6, 6.07) is 33.7. The van der Waals surface area contributed by atoms with Crippen molar-refractivity contribution in [3.63, 3.8) is 0 Å². The highest BCUT2D eigenvalue weighted by Gasteiger charge is 2.18. The number of hydrogen-bond donors (Lipinski definition) is 0. The standard InChI is InChI=1S/C38H35N3O3/c1-5-43-36-20-26(4)34(22-33(36)25(2)3)37-40-35-19-9-8-18-32(35)38(42)41(37)39-23-27-12-10-16-30(21-27)44-24-29-15-11-14-28-13-6-7-17-31(28)29/h6-23,25H,5,24H2,1-4H3. The molecule has 0 fully saturated rings. The summed E-state index contributed by atoms with van der Waals surface area (Å²) in [5.41, 5.74) is 5.16. The molecule has 0 aliphatic carbocycles. The van der Waals surface area contributed by atoms with E-state index in [4.69, 9.17) is 19.6 Å². The van der Waals surface area contributed by atoms with Crippen LogP contribution in [0.2, 0.25) is 0 Å². The summed E-state index contributed by atoms with van der Waals surface area (Å²) in [6.45, 7) is 9.26. The first-order valence-electron chi connectivity index (χ1n) is 15.0. The van der Waals surface area contributed by atoms with Crippen molar-refractivity contribution >= 4 is 27.9 Å². The second kappa shape index (κ2) is 12.6. The first-order valence-corrected chi connectivity index (χ1v) is 15.0. The molecule has 0 saturated heterocycles. The lowest BCUT2D eigenvalue weighted by atomic mass is 9.96. The average molecular weight is 582 g/mol. The highest BCUT2D eigenvalue weighted by Crippen LogP contribution is 2.34. The lowest BCUT2D eigenvalue weighted by Crippen LogP contribution is -2.20. The molecule has 44 heavy (non-hydrogen) atoms. The van der Waals surface area contributed by atoms with Gasteiger partial charge in [-0.1, -0.05) is 80.6 Å². The summed E-state index contributed by atoms with van der Waals surface area (Å²) in [4.78, 5) is 18.8. The third-order valence-corrected chi connectivity index (χ3v) is 7.73. The van der Waals surface area contributed by atoms with Crippen molar-refractivity contribution in [2.75, 3.05) is 6.61 Å². The van der Waals surface area contributed by atoms with Crippen molar-refractivity contribution in [1.29, 1.82) is 0 Å². The Hall–Kier alpha value is -5.23. The van der Waals surface area contributed by atoms with Crippen LogP contribution in [0.25, 0.3) is 33.1 Å². The number of aromatic nitrogens is 2. The quantitative estimate of drug-likeness (QED) is 0.161. The highest BCUT2D eigenvalue weighted by molar-refractivity contribution is 5.86. The van der Waals surface area contributed by atoms with Crippen LogP contribution >= 0.6 is 0 Å². The third-order valence-electron chi connectivity index (χ3n) is 7.73. The number of benzene rings is 5. The van der Waals surface area contributed by atoms with Crippen LogP contribution in [0.3, 0.4) is 0 Å². The number of aryl methyl sites for hydroxylation is 1. The number of para-hydroxylation sites is 1. The fourth-order valence-corrected chi connectivity index (χ4v) is 5.46. The highest BCUT2D eigenvalue weighted by atomic mass is 16.5. The molecule has 6 aromatic rings. The summed E-state index contributed by atoms with van der Waals surface area (Å²) in [5, 5.41) is 7.57. The fraction of sp³-hybridized carbons (Fsp3) is 0.184. The van der Waals surface area contributed by atoms with Crippen LogP contribution in [0.15, 0.2) is 113 Å². The molecule has 1 heterocycles. The van der Waals surface area contributed by atoms with E-state index in [1.807, 2.05) is 80.6 Å². The smallest absolute Gasteiger partial charge is 0.282 e. The zero-order chi connectivity index (χ0) is 30.6. The van der Waals surface area contributed by atoms with Gasteiger partial charge in [0.05, 0.1) is 23.7 Å². The Morgan fingerprint density at radius 2 is 1.61 bits per heavy atom. The SMILES string of the molecule is CCOc1cc(C)c(-c2nc3ccccc3c(=O)n2N=Cc2cccc(OCc3cccc4ccccc34)c2)cc1C(C)C. The lowest BCUT2D eigenvalue weighted by Gasteiger charge is -2.18. The molecule has 0 aliphatic rings. The van der Waals surface area contributed by atoms with Crippen LogP contribution in [0.4, 0.5) is 0 Å². The molecule has 0 saturated carbocycles. The minimum atomic E-state index is -0.232. The molecule has 0 radical (unpaired) electrons. The van der Waals surface area contributed by atoms with Crippen LogP contribution in [-0.2, 0) is 6.61 Å². The maximum absolute atomic E-state index is 13.8. The predicted molar refractivity (Wildman–Crippen MR) is 179 cm³/mol. The molecular formula is C38H35N3O3. The van der Waals surface area contributed by atoms with Gasteiger partial charge in [-0.2, -0.15) is 9.78 Å². The predicted octanol–water partition coefficient (Wildman–Crippen LogP) is 8.51. The maximum Gasteiger partial charge on any atom is 0.282 e. The van der Waals surface area contributed by atoms with Gasteiger partial charge in [-0.3, -0.25) is 4.79 Å². The van der Waals surface area contributed by atoms with E-state index in [1.54, 1.807) is 12.3 Å². The van der Waals surface area contributed by atoms with Crippen molar-refractivity contribution in [3.05, 3.63) is 136 Å². The minimum Gasteiger partial charge on any atom is -0.494 e. The Bertz CT molecular complexity index is 2050. The van der Waals surface area contributed by atoms with Gasteiger partial charge in [0, 0.05) is 5.56 Å². The topological polar surface area (TPSA) is 65.7 Å². The molecule has 0 N–H and O–H groups in total. The van der Waals surface area contributed by atoms with Gasteiger partial charge in [0.1, 0.15) is 18.1 Å². The number of rotatable bonds is 9. The normalized spacial score (nSPS) is 11.6. The first kappa shape index (κ1) is 28.9. The Morgan fingerprint density at radius 1 is 0.864 bits per heavy atom. The first-order chi connectivity index (χ1) is 21.4. The molecular weight excluding hydrogens is 546 g/mol. The van der Waals surface area contributed by atoms with Crippen molar-refractivity contribution in [1.82, 2.24) is 9.66 Å². The maximum atomic E-state index is 13.8. The van der Waals surface area contributed by atoms with Crippen LogP contribution in [0.5, 0.6) is 11.5 Å². The molecule has 1 aromatic heterocycles. The minimum absolute atomic E-state index is 0.219. The Balaban J connectivity index is 1.38. The largest absolute Gasteiger partial charge is 0.494 e. The molecule has 0 bridgehead atoms. The molecule has 6 nitrogen and oxygen atoms in total. The fourth-order valence-electron chi connectivity index (χ4n) is 5.46. The summed E-state index contributed by atoms with van der Waals surface area (Å²) in [7, 11) is 0. The number of nitrogens with zero attached hydrogens (tertiary/aromatic N) is 3. The van der Waals surface area contributed by atoms with Crippen molar-refractivity contribution in [2.45, 2.75) is 40.2 Å². The van der Waals surface area contributed by atoms with E-state index in [0.717, 1.165) is 39.3 Å². The zero-order valence-electron chi connectivity index (χ0n) is 25.5. The van der Waals surface area contributed by atoms with Crippen LogP contribution < -0.4 is 15.0 Å². The van der Waals surface area contributed by atoms with E-state index in [1.165, 1.54) is 15.4 Å². The van der Waals surface area contributed by atoms with Crippen molar-refractivity contribution < 1.29 is 9.47 Å². The Kier molecular flexibility index (Phi) is 8.24. The van der Waals surface area contributed by atoms with Gasteiger partial charge in [-0.25, -0.2) is 4.98 Å². The molecule has 0 atom stereocenters. The van der Waals surface area contributed by atoms with E-state index in [9.17, 15) is 4.79 Å². The molecule has 0 aliphatic heterocycles. The van der Waals surface area contributed by atoms with E-state index < -0.39 is 0 Å². The summed E-state index contributed by atoms with van der Waals surface area (Å²) < 4.78 is 13.5. The Morgan fingerprint density at radius 3 is 2.43 bits per heavy atom. The van der Waals surface area contributed by atoms with Gasteiger partial charge in [-0.05, 0) is 89.2 Å². The van der Waals surface area contributed by atoms with Crippen LogP contribution in [0.1, 0.15) is 48.9 Å². The second-order valence-electron chi connectivity index (χ2n) is 11.1. The number of hydrogen-bond acceptors (Lipinski definition) is 5. The van der Waals surface area contributed by atoms with E-state index in [0.29, 0.717) is 29.9 Å². The van der Waals surface area contributed by atoms with Gasteiger partial charge < -0.3 is 9.47 Å². The van der Waals surface area contributed by atoms with Gasteiger partial charge in [0.15, 0.2) is 5.82 Å². The van der Waals surface area contributed by atoms with E-state index in [-0.39, 0.29) is 11.5 Å². The summed E-state index contributed by atoms with van der Waals surface area (Å²) in [6.07, 6.45) is 1.68. The molecule has 5 aromatic carbocycles. The molecule has 220 valence electrons. The van der Waals surface area contributed by atoms with Gasteiger partial charge >= 0.3 is 0 Å². The van der Waals surface area contributed by atoms with Crippen LogP contribution in [-0.4, -0.2) is 22.5 Å². The Labute approximate surface area is 257 Å². The molecule has 0 amide bonds. The van der Waals surface area contributed by atoms with Gasteiger partial charge in [-0.15, -0.1) is 0 Å². The zero-order valence-corrected chi connectivity index (χ0v) is 25.5. The molecule has 0 spiro atoms. The third kappa shape index (κ3) is 5.84. The van der Waals surface area contributed by atoms with E-state index in [2.05, 4.69) is 44.2 Å². The summed E-state index contributed by atoms with van der Waals surface area (Å²) in [5.74, 6) is 2.27. The number of ether oxygens (including phenoxy) is 2.